The highest BCUT2D eigenvalue weighted by Gasteiger charge is 2.22. The zero-order chi connectivity index (χ0) is 15.2. The summed E-state index contributed by atoms with van der Waals surface area (Å²) in [6.07, 6.45) is 2.09. The van der Waals surface area contributed by atoms with Crippen molar-refractivity contribution in [3.8, 4) is 0 Å². The maximum absolute atomic E-state index is 12.5. The first-order valence-electron chi connectivity index (χ1n) is 6.68. The van der Waals surface area contributed by atoms with Gasteiger partial charge in [-0.1, -0.05) is 30.3 Å². The lowest BCUT2D eigenvalue weighted by molar-refractivity contribution is 0.0699. The molecule has 0 aliphatic heterocycles. The van der Waals surface area contributed by atoms with Crippen LogP contribution in [0.4, 0.5) is 0 Å². The Hall–Kier alpha value is -1.72. The molecule has 110 valence electrons. The van der Waals surface area contributed by atoms with Crippen LogP contribution in [-0.4, -0.2) is 34.6 Å². The van der Waals surface area contributed by atoms with E-state index in [-0.39, 0.29) is 18.6 Å². The summed E-state index contributed by atoms with van der Waals surface area (Å²) in [5.74, 6) is -0.162. The van der Waals surface area contributed by atoms with E-state index in [1.165, 1.54) is 0 Å². The Kier molecular flexibility index (Phi) is 5.47. The first-order valence-corrected chi connectivity index (χ1v) is 7.47. The maximum Gasteiger partial charge on any atom is 0.272 e. The SMILES string of the molecule is CN(C(=O)c1ccc(Br)cn1)C(CCO)c1ccccc1. The number of aliphatic hydroxyl groups is 1. The predicted molar refractivity (Wildman–Crippen MR) is 84.9 cm³/mol. The van der Waals surface area contributed by atoms with E-state index in [4.69, 9.17) is 0 Å². The van der Waals surface area contributed by atoms with Crippen LogP contribution in [0.15, 0.2) is 53.1 Å². The summed E-state index contributed by atoms with van der Waals surface area (Å²) < 4.78 is 0.830. The smallest absolute Gasteiger partial charge is 0.272 e. The van der Waals surface area contributed by atoms with Crippen LogP contribution >= 0.6 is 15.9 Å². The van der Waals surface area contributed by atoms with E-state index in [2.05, 4.69) is 20.9 Å². The molecule has 1 aromatic carbocycles. The summed E-state index contributed by atoms with van der Waals surface area (Å²) in [4.78, 5) is 18.3. The van der Waals surface area contributed by atoms with Crippen LogP contribution in [0.5, 0.6) is 0 Å². The number of nitrogens with zero attached hydrogens (tertiary/aromatic N) is 2. The topological polar surface area (TPSA) is 53.4 Å². The van der Waals surface area contributed by atoms with Crippen LogP contribution < -0.4 is 0 Å². The molecule has 1 heterocycles. The number of hydrogen-bond donors (Lipinski definition) is 1. The highest BCUT2D eigenvalue weighted by atomic mass is 79.9. The molecule has 21 heavy (non-hydrogen) atoms. The number of amides is 1. The molecule has 0 aliphatic rings. The number of hydrogen-bond acceptors (Lipinski definition) is 3. The Morgan fingerprint density at radius 1 is 1.29 bits per heavy atom. The van der Waals surface area contributed by atoms with E-state index in [1.807, 2.05) is 30.3 Å². The molecule has 0 radical (unpaired) electrons. The van der Waals surface area contributed by atoms with E-state index in [1.54, 1.807) is 30.3 Å². The van der Waals surface area contributed by atoms with Gasteiger partial charge in [0.25, 0.3) is 5.91 Å². The third kappa shape index (κ3) is 3.89. The van der Waals surface area contributed by atoms with Crippen LogP contribution in [0.3, 0.4) is 0 Å². The monoisotopic (exact) mass is 348 g/mol. The minimum absolute atomic E-state index is 0.0188. The summed E-state index contributed by atoms with van der Waals surface area (Å²) in [7, 11) is 1.74. The van der Waals surface area contributed by atoms with Crippen LogP contribution in [0.2, 0.25) is 0 Å². The molecule has 1 N–H and O–H groups in total. The molecule has 5 heteroatoms. The fourth-order valence-electron chi connectivity index (χ4n) is 2.21. The van der Waals surface area contributed by atoms with Gasteiger partial charge in [0.05, 0.1) is 6.04 Å². The summed E-state index contributed by atoms with van der Waals surface area (Å²) >= 11 is 3.30. The van der Waals surface area contributed by atoms with Crippen molar-refractivity contribution in [3.05, 3.63) is 64.4 Å². The average molecular weight is 349 g/mol. The molecule has 1 amide bonds. The number of aliphatic hydroxyl groups excluding tert-OH is 1. The van der Waals surface area contributed by atoms with Crippen molar-refractivity contribution in [2.75, 3.05) is 13.7 Å². The van der Waals surface area contributed by atoms with Crippen molar-refractivity contribution >= 4 is 21.8 Å². The first-order chi connectivity index (χ1) is 10.1. The molecule has 0 spiro atoms. The Labute approximate surface area is 132 Å². The Balaban J connectivity index is 2.24. The maximum atomic E-state index is 12.5. The van der Waals surface area contributed by atoms with E-state index in [9.17, 15) is 9.90 Å². The normalized spacial score (nSPS) is 12.0. The number of halogens is 1. The molecule has 1 unspecified atom stereocenters. The van der Waals surface area contributed by atoms with Gasteiger partial charge in [-0.05, 0) is 40.0 Å². The quantitative estimate of drug-likeness (QED) is 0.903. The average Bonchev–Trinajstić information content (AvgIpc) is 2.53. The van der Waals surface area contributed by atoms with Crippen LogP contribution in [-0.2, 0) is 0 Å². The summed E-state index contributed by atoms with van der Waals surface area (Å²) in [6.45, 7) is 0.0188. The zero-order valence-electron chi connectivity index (χ0n) is 11.7. The second kappa shape index (κ2) is 7.33. The molecule has 0 saturated carbocycles. The second-order valence-electron chi connectivity index (χ2n) is 4.72. The number of benzene rings is 1. The van der Waals surface area contributed by atoms with Gasteiger partial charge >= 0.3 is 0 Å². The van der Waals surface area contributed by atoms with Gasteiger partial charge in [0.1, 0.15) is 5.69 Å². The summed E-state index contributed by atoms with van der Waals surface area (Å²) in [5, 5.41) is 9.28. The van der Waals surface area contributed by atoms with Gasteiger partial charge in [-0.3, -0.25) is 4.79 Å². The van der Waals surface area contributed by atoms with Gasteiger partial charge in [-0.25, -0.2) is 4.98 Å². The molecule has 0 bridgehead atoms. The molecular weight excluding hydrogens is 332 g/mol. The van der Waals surface area contributed by atoms with Crippen molar-refractivity contribution in [2.45, 2.75) is 12.5 Å². The van der Waals surface area contributed by atoms with Crippen LogP contribution in [0.25, 0.3) is 0 Å². The minimum atomic E-state index is -0.172. The molecule has 0 saturated heterocycles. The van der Waals surface area contributed by atoms with E-state index in [0.717, 1.165) is 10.0 Å². The van der Waals surface area contributed by atoms with Gasteiger partial charge in [-0.2, -0.15) is 0 Å². The molecule has 4 nitrogen and oxygen atoms in total. The standard InChI is InChI=1S/C16H17BrN2O2/c1-19(16(21)14-8-7-13(17)11-18-14)15(9-10-20)12-5-3-2-4-6-12/h2-8,11,15,20H,9-10H2,1H3. The fraction of sp³-hybridized carbons (Fsp3) is 0.250. The lowest BCUT2D eigenvalue weighted by Crippen LogP contribution is -2.32. The summed E-state index contributed by atoms with van der Waals surface area (Å²) in [5.41, 5.74) is 1.39. The van der Waals surface area contributed by atoms with Crippen molar-refractivity contribution < 1.29 is 9.90 Å². The number of rotatable bonds is 5. The lowest BCUT2D eigenvalue weighted by Gasteiger charge is -2.28. The zero-order valence-corrected chi connectivity index (χ0v) is 13.3. The van der Waals surface area contributed by atoms with Crippen molar-refractivity contribution in [1.29, 1.82) is 0 Å². The number of pyridine rings is 1. The van der Waals surface area contributed by atoms with Gasteiger partial charge in [0.15, 0.2) is 0 Å². The largest absolute Gasteiger partial charge is 0.396 e. The highest BCUT2D eigenvalue weighted by Crippen LogP contribution is 2.24. The fourth-order valence-corrected chi connectivity index (χ4v) is 2.44. The molecule has 0 fully saturated rings. The van der Waals surface area contributed by atoms with Gasteiger partial charge in [0, 0.05) is 24.3 Å². The molecular formula is C16H17BrN2O2. The van der Waals surface area contributed by atoms with Crippen LogP contribution in [0.1, 0.15) is 28.5 Å². The first kappa shape index (κ1) is 15.7. The minimum Gasteiger partial charge on any atom is -0.396 e. The highest BCUT2D eigenvalue weighted by molar-refractivity contribution is 9.10. The molecule has 2 rings (SSSR count). The van der Waals surface area contributed by atoms with Crippen molar-refractivity contribution in [2.24, 2.45) is 0 Å². The molecule has 0 aliphatic carbocycles. The van der Waals surface area contributed by atoms with Gasteiger partial charge in [-0.15, -0.1) is 0 Å². The van der Waals surface area contributed by atoms with E-state index in [0.29, 0.717) is 12.1 Å². The summed E-state index contributed by atoms with van der Waals surface area (Å²) in [6, 6.07) is 13.0. The second-order valence-corrected chi connectivity index (χ2v) is 5.63. The lowest BCUT2D eigenvalue weighted by atomic mass is 10.0. The van der Waals surface area contributed by atoms with Crippen molar-refractivity contribution in [1.82, 2.24) is 9.88 Å². The van der Waals surface area contributed by atoms with Gasteiger partial charge in [0.2, 0.25) is 0 Å². The molecule has 2 aromatic rings. The van der Waals surface area contributed by atoms with E-state index < -0.39 is 0 Å². The third-order valence-electron chi connectivity index (χ3n) is 3.32. The number of carbonyl (C=O) groups excluding carboxylic acids is 1. The van der Waals surface area contributed by atoms with E-state index >= 15 is 0 Å². The Bertz CT molecular complexity index is 587. The molecule has 1 aromatic heterocycles. The Morgan fingerprint density at radius 2 is 2.00 bits per heavy atom. The van der Waals surface area contributed by atoms with Crippen LogP contribution in [0, 0.1) is 0 Å². The number of carbonyl (C=O) groups is 1. The number of aromatic nitrogens is 1. The Morgan fingerprint density at radius 3 is 2.57 bits per heavy atom. The van der Waals surface area contributed by atoms with Crippen molar-refractivity contribution in [3.63, 3.8) is 0 Å². The predicted octanol–water partition coefficient (Wildman–Crippen LogP) is 3.04. The molecule has 1 atom stereocenters. The van der Waals surface area contributed by atoms with Gasteiger partial charge < -0.3 is 10.0 Å². The third-order valence-corrected chi connectivity index (χ3v) is 3.79.